The Hall–Kier alpha value is -1.85. The highest BCUT2D eigenvalue weighted by atomic mass is 35.5. The van der Waals surface area contributed by atoms with Gasteiger partial charge in [-0.3, -0.25) is 4.79 Å². The molecule has 0 radical (unpaired) electrons. The molecular formula is C16H16ClNO3S. The Kier molecular flexibility index (Phi) is 5.57. The second-order valence-electron chi connectivity index (χ2n) is 4.55. The molecule has 0 saturated heterocycles. The molecule has 0 bridgehead atoms. The summed E-state index contributed by atoms with van der Waals surface area (Å²) < 4.78 is 5.11. The number of ether oxygens (including phenoxy) is 1. The molecule has 0 saturated carbocycles. The molecule has 6 heteroatoms. The van der Waals surface area contributed by atoms with Gasteiger partial charge in [0.2, 0.25) is 5.91 Å². The number of alkyl halides is 1. The van der Waals surface area contributed by atoms with E-state index >= 15 is 0 Å². The van der Waals surface area contributed by atoms with Gasteiger partial charge in [0.15, 0.2) is 0 Å². The zero-order chi connectivity index (χ0) is 16.1. The van der Waals surface area contributed by atoms with Crippen molar-refractivity contribution in [3.8, 4) is 11.1 Å². The van der Waals surface area contributed by atoms with E-state index in [1.54, 1.807) is 13.8 Å². The van der Waals surface area contributed by atoms with Crippen molar-refractivity contribution in [2.75, 3.05) is 11.9 Å². The summed E-state index contributed by atoms with van der Waals surface area (Å²) in [6.07, 6.45) is 0. The molecule has 1 amide bonds. The predicted octanol–water partition coefficient (Wildman–Crippen LogP) is 4.16. The van der Waals surface area contributed by atoms with E-state index in [2.05, 4.69) is 5.32 Å². The van der Waals surface area contributed by atoms with Crippen LogP contribution < -0.4 is 5.32 Å². The number of anilines is 1. The molecule has 1 aromatic heterocycles. The van der Waals surface area contributed by atoms with Crippen LogP contribution in [0, 0.1) is 0 Å². The third-order valence-electron chi connectivity index (χ3n) is 2.95. The van der Waals surface area contributed by atoms with Gasteiger partial charge >= 0.3 is 5.97 Å². The summed E-state index contributed by atoms with van der Waals surface area (Å²) in [5, 5.41) is 4.29. The van der Waals surface area contributed by atoms with Gasteiger partial charge in [-0.05, 0) is 19.4 Å². The van der Waals surface area contributed by atoms with Gasteiger partial charge < -0.3 is 10.1 Å². The van der Waals surface area contributed by atoms with E-state index < -0.39 is 11.3 Å². The van der Waals surface area contributed by atoms with Crippen molar-refractivity contribution in [3.05, 3.63) is 41.3 Å². The van der Waals surface area contributed by atoms with Gasteiger partial charge in [-0.1, -0.05) is 30.3 Å². The van der Waals surface area contributed by atoms with E-state index in [0.717, 1.165) is 11.1 Å². The molecule has 0 aliphatic carbocycles. The van der Waals surface area contributed by atoms with E-state index in [9.17, 15) is 9.59 Å². The molecule has 0 aliphatic rings. The van der Waals surface area contributed by atoms with E-state index in [4.69, 9.17) is 16.3 Å². The summed E-state index contributed by atoms with van der Waals surface area (Å²) in [5.74, 6) is -0.811. The third kappa shape index (κ3) is 3.67. The molecule has 4 nitrogen and oxygen atoms in total. The average Bonchev–Trinajstić information content (AvgIpc) is 2.92. The molecule has 2 aromatic rings. The normalized spacial score (nSPS) is 11.8. The van der Waals surface area contributed by atoms with Gasteiger partial charge in [0.1, 0.15) is 15.9 Å². The van der Waals surface area contributed by atoms with E-state index in [1.807, 2.05) is 35.7 Å². The van der Waals surface area contributed by atoms with Gasteiger partial charge in [0, 0.05) is 10.9 Å². The lowest BCUT2D eigenvalue weighted by Crippen LogP contribution is -2.21. The predicted molar refractivity (Wildman–Crippen MR) is 89.7 cm³/mol. The Morgan fingerprint density at radius 2 is 2.00 bits per heavy atom. The Bertz CT molecular complexity index is 667. The minimum Gasteiger partial charge on any atom is -0.462 e. The number of thiophene rings is 1. The van der Waals surface area contributed by atoms with Crippen LogP contribution in [0.2, 0.25) is 0 Å². The summed E-state index contributed by atoms with van der Waals surface area (Å²) >= 11 is 7.05. The summed E-state index contributed by atoms with van der Waals surface area (Å²) in [5.41, 5.74) is 1.99. The number of carbonyl (C=O) groups excluding carboxylic acids is 2. The second kappa shape index (κ2) is 7.42. The fourth-order valence-corrected chi connectivity index (χ4v) is 2.91. The van der Waals surface area contributed by atoms with Crippen LogP contribution in [0.1, 0.15) is 24.2 Å². The first-order valence-electron chi connectivity index (χ1n) is 6.83. The lowest BCUT2D eigenvalue weighted by atomic mass is 10.0. The van der Waals surface area contributed by atoms with Gasteiger partial charge in [0.05, 0.1) is 6.61 Å². The van der Waals surface area contributed by atoms with Crippen LogP contribution in [0.4, 0.5) is 5.00 Å². The Morgan fingerprint density at radius 1 is 1.32 bits per heavy atom. The number of nitrogens with one attached hydrogen (secondary N) is 1. The Balaban J connectivity index is 2.45. The molecule has 0 aliphatic heterocycles. The summed E-state index contributed by atoms with van der Waals surface area (Å²) in [6.45, 7) is 3.58. The van der Waals surface area contributed by atoms with Gasteiger partial charge in [-0.15, -0.1) is 22.9 Å². The zero-order valence-electron chi connectivity index (χ0n) is 12.3. The number of carbonyl (C=O) groups is 2. The molecule has 22 heavy (non-hydrogen) atoms. The Labute approximate surface area is 138 Å². The van der Waals surface area contributed by atoms with Gasteiger partial charge in [0.25, 0.3) is 0 Å². The first-order chi connectivity index (χ1) is 10.5. The standard InChI is InChI=1S/C16H16ClNO3S/c1-3-21-16(20)13-12(11-7-5-4-6-8-11)9-22-15(13)18-14(19)10(2)17/h4-10H,3H2,1-2H3,(H,18,19). The van der Waals surface area contributed by atoms with Gasteiger partial charge in [-0.25, -0.2) is 4.79 Å². The topological polar surface area (TPSA) is 55.4 Å². The van der Waals surface area contributed by atoms with Crippen LogP contribution in [0.15, 0.2) is 35.7 Å². The monoisotopic (exact) mass is 337 g/mol. The highest BCUT2D eigenvalue weighted by Gasteiger charge is 2.23. The number of hydrogen-bond donors (Lipinski definition) is 1. The molecule has 1 unspecified atom stereocenters. The van der Waals surface area contributed by atoms with Crippen LogP contribution in [0.3, 0.4) is 0 Å². The summed E-state index contributed by atoms with van der Waals surface area (Å²) in [6, 6.07) is 9.49. The third-order valence-corrected chi connectivity index (χ3v) is 4.05. The van der Waals surface area contributed by atoms with Crippen LogP contribution in [-0.2, 0) is 9.53 Å². The highest BCUT2D eigenvalue weighted by Crippen LogP contribution is 2.36. The minimum absolute atomic E-state index is 0.266. The highest BCUT2D eigenvalue weighted by molar-refractivity contribution is 7.15. The maximum Gasteiger partial charge on any atom is 0.341 e. The molecule has 1 aromatic carbocycles. The van der Waals surface area contributed by atoms with Crippen molar-refractivity contribution in [2.45, 2.75) is 19.2 Å². The van der Waals surface area contributed by atoms with Crippen LogP contribution in [0.5, 0.6) is 0 Å². The maximum absolute atomic E-state index is 12.3. The molecule has 0 fully saturated rings. The molecule has 1 heterocycles. The number of halogens is 1. The number of benzene rings is 1. The van der Waals surface area contributed by atoms with E-state index in [-0.39, 0.29) is 12.5 Å². The number of amides is 1. The maximum atomic E-state index is 12.3. The molecular weight excluding hydrogens is 322 g/mol. The first kappa shape index (κ1) is 16.5. The van der Waals surface area contributed by atoms with Gasteiger partial charge in [-0.2, -0.15) is 0 Å². The number of hydrogen-bond acceptors (Lipinski definition) is 4. The zero-order valence-corrected chi connectivity index (χ0v) is 13.8. The van der Waals surface area contributed by atoms with Crippen molar-refractivity contribution in [1.29, 1.82) is 0 Å². The van der Waals surface area contributed by atoms with Crippen molar-refractivity contribution in [2.24, 2.45) is 0 Å². The van der Waals surface area contributed by atoms with Crippen molar-refractivity contribution in [3.63, 3.8) is 0 Å². The lowest BCUT2D eigenvalue weighted by molar-refractivity contribution is -0.115. The largest absolute Gasteiger partial charge is 0.462 e. The van der Waals surface area contributed by atoms with E-state index in [1.165, 1.54) is 11.3 Å². The van der Waals surface area contributed by atoms with Crippen LogP contribution in [-0.4, -0.2) is 23.9 Å². The minimum atomic E-state index is -0.683. The molecule has 1 N–H and O–H groups in total. The molecule has 1 atom stereocenters. The fraction of sp³-hybridized carbons (Fsp3) is 0.250. The van der Waals surface area contributed by atoms with Crippen molar-refractivity contribution >= 4 is 39.8 Å². The molecule has 116 valence electrons. The second-order valence-corrected chi connectivity index (χ2v) is 6.08. The first-order valence-corrected chi connectivity index (χ1v) is 8.15. The number of esters is 1. The number of rotatable bonds is 5. The fourth-order valence-electron chi connectivity index (χ4n) is 1.90. The quantitative estimate of drug-likeness (QED) is 0.658. The average molecular weight is 338 g/mol. The summed E-state index contributed by atoms with van der Waals surface area (Å²) in [7, 11) is 0. The Morgan fingerprint density at radius 3 is 2.59 bits per heavy atom. The smallest absolute Gasteiger partial charge is 0.341 e. The van der Waals surface area contributed by atoms with E-state index in [0.29, 0.717) is 10.6 Å². The summed E-state index contributed by atoms with van der Waals surface area (Å²) in [4.78, 5) is 24.1. The molecule has 2 rings (SSSR count). The van der Waals surface area contributed by atoms with Crippen molar-refractivity contribution < 1.29 is 14.3 Å². The SMILES string of the molecule is CCOC(=O)c1c(-c2ccccc2)csc1NC(=O)C(C)Cl. The lowest BCUT2D eigenvalue weighted by Gasteiger charge is -2.09. The van der Waals surface area contributed by atoms with Crippen LogP contribution >= 0.6 is 22.9 Å². The van der Waals surface area contributed by atoms with Crippen LogP contribution in [0.25, 0.3) is 11.1 Å². The van der Waals surface area contributed by atoms with Crippen molar-refractivity contribution in [1.82, 2.24) is 0 Å². The molecule has 0 spiro atoms.